The van der Waals surface area contributed by atoms with E-state index in [1.165, 1.54) is 11.8 Å². The molecule has 7 heteroatoms. The summed E-state index contributed by atoms with van der Waals surface area (Å²) in [5.41, 5.74) is 1.16. The minimum Gasteiger partial charge on any atom is -0.497 e. The molecule has 134 valence electrons. The van der Waals surface area contributed by atoms with Crippen molar-refractivity contribution in [2.24, 2.45) is 7.05 Å². The first-order valence-electron chi connectivity index (χ1n) is 8.22. The van der Waals surface area contributed by atoms with E-state index in [0.29, 0.717) is 12.0 Å². The first-order chi connectivity index (χ1) is 12.0. The number of amides is 1. The number of carbonyl (C=O) groups is 1. The van der Waals surface area contributed by atoms with Crippen molar-refractivity contribution in [3.8, 4) is 11.6 Å². The highest BCUT2D eigenvalue weighted by Gasteiger charge is 2.35. The zero-order valence-electron chi connectivity index (χ0n) is 14.7. The van der Waals surface area contributed by atoms with Crippen LogP contribution in [0.2, 0.25) is 0 Å². The number of nitrogens with one attached hydrogen (secondary N) is 1. The Morgan fingerprint density at radius 3 is 2.92 bits per heavy atom. The number of aliphatic hydroxyl groups is 1. The Kier molecular flexibility index (Phi) is 4.67. The maximum Gasteiger partial charge on any atom is 0.258 e. The second kappa shape index (κ2) is 6.76. The standard InChI is InChI=1S/C18H23N3O4/c1-21-10-14(17(20-21)25-3)16(22)19-11-18(23)8-4-5-12-9-13(24-2)6-7-15(12)18/h6-7,9-10,23H,4-5,8,11H2,1-3H3,(H,19,22). The van der Waals surface area contributed by atoms with Crippen LogP contribution in [0.1, 0.15) is 34.3 Å². The van der Waals surface area contributed by atoms with E-state index < -0.39 is 5.60 Å². The van der Waals surface area contributed by atoms with Crippen LogP contribution in [0, 0.1) is 0 Å². The third-order valence-corrected chi connectivity index (χ3v) is 4.62. The van der Waals surface area contributed by atoms with Crippen molar-refractivity contribution in [1.82, 2.24) is 15.1 Å². The Morgan fingerprint density at radius 1 is 1.40 bits per heavy atom. The van der Waals surface area contributed by atoms with Crippen LogP contribution >= 0.6 is 0 Å². The summed E-state index contributed by atoms with van der Waals surface area (Å²) in [5.74, 6) is 0.715. The fourth-order valence-electron chi connectivity index (χ4n) is 3.34. The molecule has 1 aliphatic rings. The van der Waals surface area contributed by atoms with Crippen molar-refractivity contribution in [3.05, 3.63) is 41.1 Å². The number of carbonyl (C=O) groups excluding carboxylic acids is 1. The molecule has 2 aromatic rings. The summed E-state index contributed by atoms with van der Waals surface area (Å²) < 4.78 is 11.9. The van der Waals surface area contributed by atoms with Crippen molar-refractivity contribution in [2.75, 3.05) is 20.8 Å². The molecule has 25 heavy (non-hydrogen) atoms. The molecule has 7 nitrogen and oxygen atoms in total. The molecule has 1 aliphatic carbocycles. The van der Waals surface area contributed by atoms with E-state index in [1.54, 1.807) is 20.4 Å². The van der Waals surface area contributed by atoms with Crippen molar-refractivity contribution in [1.29, 1.82) is 0 Å². The van der Waals surface area contributed by atoms with E-state index in [0.717, 1.165) is 29.7 Å². The molecule has 0 radical (unpaired) electrons. The van der Waals surface area contributed by atoms with E-state index >= 15 is 0 Å². The van der Waals surface area contributed by atoms with Crippen LogP contribution in [0.4, 0.5) is 0 Å². The van der Waals surface area contributed by atoms with Gasteiger partial charge < -0.3 is 19.9 Å². The van der Waals surface area contributed by atoms with Gasteiger partial charge in [-0.2, -0.15) is 0 Å². The van der Waals surface area contributed by atoms with Crippen LogP contribution in [0.5, 0.6) is 11.6 Å². The Labute approximate surface area is 146 Å². The van der Waals surface area contributed by atoms with Crippen LogP contribution < -0.4 is 14.8 Å². The topological polar surface area (TPSA) is 85.6 Å². The van der Waals surface area contributed by atoms with E-state index in [2.05, 4.69) is 10.4 Å². The van der Waals surface area contributed by atoms with Gasteiger partial charge >= 0.3 is 0 Å². The van der Waals surface area contributed by atoms with Crippen LogP contribution in [-0.2, 0) is 19.1 Å². The Hall–Kier alpha value is -2.54. The average molecular weight is 345 g/mol. The zero-order valence-corrected chi connectivity index (χ0v) is 14.7. The lowest BCUT2D eigenvalue weighted by Gasteiger charge is -2.34. The summed E-state index contributed by atoms with van der Waals surface area (Å²) in [4.78, 5) is 12.5. The molecular weight excluding hydrogens is 322 g/mol. The molecule has 0 bridgehead atoms. The van der Waals surface area contributed by atoms with Crippen LogP contribution in [-0.4, -0.2) is 41.6 Å². The lowest BCUT2D eigenvalue weighted by Crippen LogP contribution is -2.43. The van der Waals surface area contributed by atoms with E-state index in [1.807, 2.05) is 18.2 Å². The van der Waals surface area contributed by atoms with Gasteiger partial charge in [-0.25, -0.2) is 0 Å². The third-order valence-electron chi connectivity index (χ3n) is 4.62. The summed E-state index contributed by atoms with van der Waals surface area (Å²) in [6.45, 7) is 0.128. The predicted molar refractivity (Wildman–Crippen MR) is 91.9 cm³/mol. The van der Waals surface area contributed by atoms with Crippen molar-refractivity contribution in [2.45, 2.75) is 24.9 Å². The molecule has 1 amide bonds. The quantitative estimate of drug-likeness (QED) is 0.855. The number of hydrogen-bond acceptors (Lipinski definition) is 5. The van der Waals surface area contributed by atoms with Gasteiger partial charge in [0.05, 0.1) is 20.8 Å². The molecule has 1 unspecified atom stereocenters. The molecule has 0 saturated carbocycles. The maximum absolute atomic E-state index is 12.5. The molecule has 0 spiro atoms. The average Bonchev–Trinajstić information content (AvgIpc) is 3.00. The number of hydrogen-bond donors (Lipinski definition) is 2. The second-order valence-electron chi connectivity index (χ2n) is 6.32. The van der Waals surface area contributed by atoms with Gasteiger partial charge in [-0.15, -0.1) is 5.10 Å². The Balaban J connectivity index is 1.78. The van der Waals surface area contributed by atoms with E-state index in [-0.39, 0.29) is 18.3 Å². The highest BCUT2D eigenvalue weighted by atomic mass is 16.5. The molecular formula is C18H23N3O4. The highest BCUT2D eigenvalue weighted by Crippen LogP contribution is 2.36. The van der Waals surface area contributed by atoms with Gasteiger partial charge in [0, 0.05) is 13.2 Å². The summed E-state index contributed by atoms with van der Waals surface area (Å²) in [6.07, 6.45) is 3.93. The zero-order chi connectivity index (χ0) is 18.0. The van der Waals surface area contributed by atoms with Gasteiger partial charge in [0.1, 0.15) is 16.9 Å². The maximum atomic E-state index is 12.5. The summed E-state index contributed by atoms with van der Waals surface area (Å²) >= 11 is 0. The van der Waals surface area contributed by atoms with Crippen LogP contribution in [0.15, 0.2) is 24.4 Å². The Bertz CT molecular complexity index is 787. The molecule has 0 fully saturated rings. The highest BCUT2D eigenvalue weighted by molar-refractivity contribution is 5.96. The smallest absolute Gasteiger partial charge is 0.258 e. The lowest BCUT2D eigenvalue weighted by molar-refractivity contribution is 0.0188. The monoisotopic (exact) mass is 345 g/mol. The number of nitrogens with zero attached hydrogens (tertiary/aromatic N) is 2. The first-order valence-corrected chi connectivity index (χ1v) is 8.22. The summed E-state index contributed by atoms with van der Waals surface area (Å²) in [5, 5.41) is 18.0. The number of aryl methyl sites for hydroxylation is 2. The molecule has 0 aliphatic heterocycles. The largest absolute Gasteiger partial charge is 0.497 e. The fourth-order valence-corrected chi connectivity index (χ4v) is 3.34. The van der Waals surface area contributed by atoms with Crippen molar-refractivity contribution in [3.63, 3.8) is 0 Å². The van der Waals surface area contributed by atoms with Crippen molar-refractivity contribution >= 4 is 5.91 Å². The lowest BCUT2D eigenvalue weighted by atomic mass is 9.79. The number of fused-ring (bicyclic) bond motifs is 1. The first kappa shape index (κ1) is 17.3. The molecule has 0 saturated heterocycles. The molecule has 1 aromatic heterocycles. The predicted octanol–water partition coefficient (Wildman–Crippen LogP) is 1.39. The fraction of sp³-hybridized carbons (Fsp3) is 0.444. The number of methoxy groups -OCH3 is 2. The van der Waals surface area contributed by atoms with Gasteiger partial charge in [-0.3, -0.25) is 9.48 Å². The van der Waals surface area contributed by atoms with Gasteiger partial charge in [0.15, 0.2) is 0 Å². The van der Waals surface area contributed by atoms with Gasteiger partial charge in [-0.05, 0) is 42.5 Å². The normalized spacial score (nSPS) is 19.2. The van der Waals surface area contributed by atoms with Crippen molar-refractivity contribution < 1.29 is 19.4 Å². The number of ether oxygens (including phenoxy) is 2. The van der Waals surface area contributed by atoms with Gasteiger partial charge in [0.2, 0.25) is 5.88 Å². The molecule has 1 heterocycles. The number of aromatic nitrogens is 2. The van der Waals surface area contributed by atoms with Gasteiger partial charge in [0.25, 0.3) is 5.91 Å². The van der Waals surface area contributed by atoms with Crippen LogP contribution in [0.25, 0.3) is 0 Å². The third kappa shape index (κ3) is 3.32. The van der Waals surface area contributed by atoms with Crippen LogP contribution in [0.3, 0.4) is 0 Å². The minimum atomic E-state index is -1.09. The van der Waals surface area contributed by atoms with Gasteiger partial charge in [-0.1, -0.05) is 6.07 Å². The molecule has 1 aromatic carbocycles. The Morgan fingerprint density at radius 2 is 2.20 bits per heavy atom. The number of rotatable bonds is 5. The van der Waals surface area contributed by atoms with E-state index in [9.17, 15) is 9.90 Å². The molecule has 1 atom stereocenters. The summed E-state index contributed by atoms with van der Waals surface area (Å²) in [6, 6.07) is 5.66. The SMILES string of the molecule is COc1ccc2c(c1)CCCC2(O)CNC(=O)c1cn(C)nc1OC. The number of benzene rings is 1. The molecule has 2 N–H and O–H groups in total. The summed E-state index contributed by atoms with van der Waals surface area (Å²) in [7, 11) is 4.81. The van der Waals surface area contributed by atoms with E-state index in [4.69, 9.17) is 9.47 Å². The molecule has 3 rings (SSSR count). The second-order valence-corrected chi connectivity index (χ2v) is 6.32. The minimum absolute atomic E-state index is 0.128.